The highest BCUT2D eigenvalue weighted by Gasteiger charge is 2.42. The smallest absolute Gasteiger partial charge is 0.307 e. The molecular formula is C55H25F18N3. The lowest BCUT2D eigenvalue weighted by Gasteiger charge is -2.21. The van der Waals surface area contributed by atoms with Crippen LogP contribution >= 0.6 is 0 Å². The molecule has 0 N–H and O–H groups in total. The van der Waals surface area contributed by atoms with Gasteiger partial charge in [0.1, 0.15) is 0 Å². The number of nitriles is 1. The molecule has 3 nitrogen and oxygen atoms in total. The van der Waals surface area contributed by atoms with Gasteiger partial charge in [-0.3, -0.25) is 0 Å². The fourth-order valence-electron chi connectivity index (χ4n) is 9.65. The maximum atomic E-state index is 15.0. The molecule has 0 aliphatic heterocycles. The van der Waals surface area contributed by atoms with E-state index in [1.807, 2.05) is 6.07 Å². The average molecular weight is 1070 g/mol. The SMILES string of the molecule is N#Cc1cc(-n2c3ccccc3c3cc(-c4ccc(C(F)(F)F)cc4C(F)(F)F)ccc32)c(-n2c3ccccc3c3cc(-c4ccc(C(F)(F)F)cc4C(F)(F)F)ccc32)cc1-c1ccc(C(F)(F)F)cc1C(F)(F)F. The van der Waals surface area contributed by atoms with E-state index in [9.17, 15) is 84.3 Å². The molecule has 2 heterocycles. The molecule has 0 aliphatic carbocycles. The molecular weight excluding hydrogens is 1040 g/mol. The van der Waals surface area contributed by atoms with Crippen LogP contribution in [0.1, 0.15) is 38.9 Å². The van der Waals surface area contributed by atoms with Crippen molar-refractivity contribution in [2.24, 2.45) is 0 Å². The van der Waals surface area contributed by atoms with Crippen LogP contribution in [-0.2, 0) is 37.1 Å². The lowest BCUT2D eigenvalue weighted by Crippen LogP contribution is -2.13. The van der Waals surface area contributed by atoms with E-state index in [1.54, 1.807) is 0 Å². The average Bonchev–Trinajstić information content (AvgIpc) is 3.95. The molecule has 0 saturated carbocycles. The second-order valence-corrected chi connectivity index (χ2v) is 17.4. The number of aromatic nitrogens is 2. The molecule has 0 spiro atoms. The fraction of sp³-hybridized carbons (Fsp3) is 0.109. The molecule has 10 aromatic rings. The third-order valence-electron chi connectivity index (χ3n) is 12.9. The minimum absolute atomic E-state index is 0.0334. The molecule has 10 rings (SSSR count). The van der Waals surface area contributed by atoms with Crippen molar-refractivity contribution in [1.29, 1.82) is 5.26 Å². The summed E-state index contributed by atoms with van der Waals surface area (Å²) in [4.78, 5) is 0. The predicted octanol–water partition coefficient (Wildman–Crippen LogP) is 18.9. The summed E-state index contributed by atoms with van der Waals surface area (Å²) in [6.07, 6.45) is -31.6. The van der Waals surface area contributed by atoms with Crippen molar-refractivity contribution >= 4 is 43.6 Å². The number of hydrogen-bond donors (Lipinski definition) is 0. The van der Waals surface area contributed by atoms with Gasteiger partial charge >= 0.3 is 37.1 Å². The molecule has 386 valence electrons. The molecule has 0 fully saturated rings. The summed E-state index contributed by atoms with van der Waals surface area (Å²) in [7, 11) is 0. The molecule has 2 aromatic heterocycles. The number of nitrogens with zero attached hydrogens (tertiary/aromatic N) is 3. The number of rotatable bonds is 5. The van der Waals surface area contributed by atoms with Gasteiger partial charge in [0.15, 0.2) is 0 Å². The van der Waals surface area contributed by atoms with Crippen molar-refractivity contribution in [2.75, 3.05) is 0 Å². The normalized spacial score (nSPS) is 13.1. The summed E-state index contributed by atoms with van der Waals surface area (Å²) in [5.41, 5.74) is -13.2. The molecule has 0 amide bonds. The van der Waals surface area contributed by atoms with E-state index < -0.39 is 98.3 Å². The number of hydrogen-bond acceptors (Lipinski definition) is 1. The summed E-state index contributed by atoms with van der Waals surface area (Å²) >= 11 is 0. The van der Waals surface area contributed by atoms with Crippen LogP contribution in [0.5, 0.6) is 0 Å². The zero-order valence-electron chi connectivity index (χ0n) is 37.6. The van der Waals surface area contributed by atoms with Gasteiger partial charge in [-0.15, -0.1) is 0 Å². The zero-order valence-corrected chi connectivity index (χ0v) is 37.6. The van der Waals surface area contributed by atoms with Crippen molar-refractivity contribution in [1.82, 2.24) is 9.13 Å². The molecule has 0 radical (unpaired) electrons. The Bertz CT molecular complexity index is 4040. The number of fused-ring (bicyclic) bond motifs is 6. The highest BCUT2D eigenvalue weighted by molar-refractivity contribution is 6.13. The van der Waals surface area contributed by atoms with Gasteiger partial charge in [0.25, 0.3) is 0 Å². The second-order valence-electron chi connectivity index (χ2n) is 17.4. The third-order valence-corrected chi connectivity index (χ3v) is 12.9. The quantitative estimate of drug-likeness (QED) is 0.158. The molecule has 8 aromatic carbocycles. The molecule has 0 atom stereocenters. The van der Waals surface area contributed by atoms with E-state index in [2.05, 4.69) is 0 Å². The highest BCUT2D eigenvalue weighted by atomic mass is 19.4. The first-order chi connectivity index (χ1) is 35.4. The van der Waals surface area contributed by atoms with Gasteiger partial charge in [0, 0.05) is 27.1 Å². The van der Waals surface area contributed by atoms with Crippen LogP contribution in [0.2, 0.25) is 0 Å². The van der Waals surface area contributed by atoms with E-state index in [0.29, 0.717) is 41.8 Å². The maximum Gasteiger partial charge on any atom is 0.417 e. The van der Waals surface area contributed by atoms with Crippen LogP contribution in [0, 0.1) is 11.3 Å². The molecule has 0 bridgehead atoms. The lowest BCUT2D eigenvalue weighted by molar-refractivity contribution is -0.144. The minimum Gasteiger partial charge on any atom is -0.307 e. The van der Waals surface area contributed by atoms with Crippen molar-refractivity contribution in [3.63, 3.8) is 0 Å². The fourth-order valence-corrected chi connectivity index (χ4v) is 9.65. The van der Waals surface area contributed by atoms with E-state index in [1.165, 1.54) is 88.0 Å². The van der Waals surface area contributed by atoms with Gasteiger partial charge in [-0.1, -0.05) is 66.7 Å². The maximum absolute atomic E-state index is 15.0. The Morgan fingerprint density at radius 1 is 0.303 bits per heavy atom. The van der Waals surface area contributed by atoms with Crippen molar-refractivity contribution in [3.8, 4) is 50.8 Å². The Hall–Kier alpha value is -8.41. The lowest BCUT2D eigenvalue weighted by atomic mass is 9.92. The third kappa shape index (κ3) is 8.77. The van der Waals surface area contributed by atoms with Gasteiger partial charge in [0.2, 0.25) is 0 Å². The van der Waals surface area contributed by atoms with Crippen LogP contribution < -0.4 is 0 Å². The number of alkyl halides is 18. The summed E-state index contributed by atoms with van der Waals surface area (Å²) in [5.74, 6) is 0. The van der Waals surface area contributed by atoms with E-state index in [-0.39, 0.29) is 78.9 Å². The van der Waals surface area contributed by atoms with Crippen molar-refractivity contribution in [3.05, 3.63) is 191 Å². The Morgan fingerprint density at radius 2 is 0.645 bits per heavy atom. The van der Waals surface area contributed by atoms with Crippen LogP contribution in [0.15, 0.2) is 152 Å². The summed E-state index contributed by atoms with van der Waals surface area (Å²) < 4.78 is 259. The summed E-state index contributed by atoms with van der Waals surface area (Å²) in [6.45, 7) is 0. The van der Waals surface area contributed by atoms with Crippen LogP contribution in [0.25, 0.3) is 88.4 Å². The van der Waals surface area contributed by atoms with Gasteiger partial charge in [0.05, 0.1) is 78.5 Å². The number of benzene rings is 8. The molecule has 21 heteroatoms. The van der Waals surface area contributed by atoms with E-state index in [0.717, 1.165) is 18.2 Å². The Kier molecular flexibility index (Phi) is 11.6. The largest absolute Gasteiger partial charge is 0.417 e. The summed E-state index contributed by atoms with van der Waals surface area (Å²) in [5, 5.41) is 11.6. The Balaban J connectivity index is 1.31. The van der Waals surface area contributed by atoms with Gasteiger partial charge in [-0.2, -0.15) is 84.3 Å². The van der Waals surface area contributed by atoms with Crippen LogP contribution in [0.4, 0.5) is 79.0 Å². The van der Waals surface area contributed by atoms with Gasteiger partial charge in [-0.05, 0) is 113 Å². The van der Waals surface area contributed by atoms with Crippen molar-refractivity contribution < 1.29 is 79.0 Å². The summed E-state index contributed by atoms with van der Waals surface area (Å²) in [6, 6.07) is 26.6. The minimum atomic E-state index is -5.47. The first-order valence-corrected chi connectivity index (χ1v) is 22.0. The van der Waals surface area contributed by atoms with Crippen LogP contribution in [-0.4, -0.2) is 9.13 Å². The monoisotopic (exact) mass is 1070 g/mol. The molecule has 0 unspecified atom stereocenters. The molecule has 0 aliphatic rings. The highest BCUT2D eigenvalue weighted by Crippen LogP contribution is 2.49. The number of para-hydroxylation sites is 2. The van der Waals surface area contributed by atoms with Crippen LogP contribution in [0.3, 0.4) is 0 Å². The standard InChI is InChI=1S/C55H25F18N3/c56-50(57,58)30-11-14-33(41(22-30)53(65,66)67)27-9-17-46-39(19-27)36-5-1-3-7-44(36)75(46)48-21-29(26-74)38(35-16-13-32(52(62,63)64)24-43(35)55(71,72)73)25-49(48)76-45-8-4-2-6-37(45)40-20-28(10-18-47(40)76)34-15-12-31(51(59,60)61)23-42(34)54(68,69)70/h1-25H. The number of halogens is 18. The first kappa shape index (κ1) is 51.1. The van der Waals surface area contributed by atoms with Gasteiger partial charge in [-0.25, -0.2) is 0 Å². The second kappa shape index (κ2) is 17.3. The Morgan fingerprint density at radius 3 is 1.01 bits per heavy atom. The van der Waals surface area contributed by atoms with E-state index in [4.69, 9.17) is 0 Å². The van der Waals surface area contributed by atoms with Crippen molar-refractivity contribution in [2.45, 2.75) is 37.1 Å². The zero-order chi connectivity index (χ0) is 54.8. The first-order valence-electron chi connectivity index (χ1n) is 22.0. The van der Waals surface area contributed by atoms with E-state index >= 15 is 0 Å². The van der Waals surface area contributed by atoms with Gasteiger partial charge < -0.3 is 9.13 Å². The topological polar surface area (TPSA) is 33.6 Å². The predicted molar refractivity (Wildman–Crippen MR) is 246 cm³/mol. The Labute approximate surface area is 414 Å². The molecule has 76 heavy (non-hydrogen) atoms. The molecule has 0 saturated heterocycles.